The largest absolute Gasteiger partial charge is 0.381 e. The number of aryl methyl sites for hydroxylation is 1. The highest BCUT2D eigenvalue weighted by atomic mass is 16.5. The van der Waals surface area contributed by atoms with E-state index in [2.05, 4.69) is 5.32 Å². The molecule has 1 heterocycles. The maximum absolute atomic E-state index is 11.6. The molecule has 2 rings (SSSR count). The number of nitrogens with one attached hydrogen (secondary N) is 1. The van der Waals surface area contributed by atoms with E-state index in [1.165, 1.54) is 0 Å². The number of para-hydroxylation sites is 1. The first-order chi connectivity index (χ1) is 8.68. The molecule has 18 heavy (non-hydrogen) atoms. The Hall–Kier alpha value is -1.55. The van der Waals surface area contributed by atoms with Crippen LogP contribution in [0.5, 0.6) is 0 Å². The Labute approximate surface area is 108 Å². The minimum atomic E-state index is -0.355. The first-order valence-corrected chi connectivity index (χ1v) is 6.37. The van der Waals surface area contributed by atoms with Gasteiger partial charge in [-0.05, 0) is 31.4 Å². The van der Waals surface area contributed by atoms with Gasteiger partial charge in [-0.15, -0.1) is 0 Å². The summed E-state index contributed by atoms with van der Waals surface area (Å²) in [6, 6.07) is 7.55. The molecule has 1 aromatic rings. The monoisotopic (exact) mass is 248 g/mol. The lowest BCUT2D eigenvalue weighted by Crippen LogP contribution is -2.44. The van der Waals surface area contributed by atoms with Gasteiger partial charge in [0.05, 0.1) is 6.61 Å². The highest BCUT2D eigenvalue weighted by Crippen LogP contribution is 2.22. The van der Waals surface area contributed by atoms with Crippen molar-refractivity contribution in [3.63, 3.8) is 0 Å². The van der Waals surface area contributed by atoms with Crippen molar-refractivity contribution in [2.75, 3.05) is 18.5 Å². The second-order valence-electron chi connectivity index (χ2n) is 4.82. The number of primary amides is 1. The average molecular weight is 248 g/mol. The standard InChI is InChI=1S/C14H20N2O2/c1-10-5-2-3-7-12(10)16-13(14(15)17)11-6-4-8-18-9-11/h2-3,5,7,11,13,16H,4,6,8-9H2,1H3,(H2,15,17). The quantitative estimate of drug-likeness (QED) is 0.852. The molecule has 1 aliphatic heterocycles. The van der Waals surface area contributed by atoms with E-state index in [0.717, 1.165) is 30.7 Å². The van der Waals surface area contributed by atoms with Crippen molar-refractivity contribution in [1.82, 2.24) is 0 Å². The molecule has 2 atom stereocenters. The van der Waals surface area contributed by atoms with Crippen LogP contribution in [0.4, 0.5) is 5.69 Å². The van der Waals surface area contributed by atoms with E-state index in [1.54, 1.807) is 0 Å². The van der Waals surface area contributed by atoms with E-state index in [9.17, 15) is 4.79 Å². The van der Waals surface area contributed by atoms with Gasteiger partial charge in [-0.1, -0.05) is 18.2 Å². The zero-order chi connectivity index (χ0) is 13.0. The number of hydrogen-bond donors (Lipinski definition) is 2. The molecule has 4 heteroatoms. The maximum Gasteiger partial charge on any atom is 0.240 e. The number of benzene rings is 1. The summed E-state index contributed by atoms with van der Waals surface area (Å²) in [5.41, 5.74) is 7.58. The number of ether oxygens (including phenoxy) is 1. The topological polar surface area (TPSA) is 64.3 Å². The van der Waals surface area contributed by atoms with Crippen LogP contribution in [0.25, 0.3) is 0 Å². The number of carbonyl (C=O) groups is 1. The molecule has 98 valence electrons. The number of anilines is 1. The second-order valence-corrected chi connectivity index (χ2v) is 4.82. The Morgan fingerprint density at radius 3 is 2.89 bits per heavy atom. The molecular formula is C14H20N2O2. The molecule has 1 saturated heterocycles. The van der Waals surface area contributed by atoms with Gasteiger partial charge in [0.25, 0.3) is 0 Å². The van der Waals surface area contributed by atoms with Crippen molar-refractivity contribution in [2.45, 2.75) is 25.8 Å². The van der Waals surface area contributed by atoms with Crippen LogP contribution in [0, 0.1) is 12.8 Å². The Morgan fingerprint density at radius 2 is 2.28 bits per heavy atom. The lowest BCUT2D eigenvalue weighted by Gasteiger charge is -2.29. The molecular weight excluding hydrogens is 228 g/mol. The molecule has 3 N–H and O–H groups in total. The van der Waals surface area contributed by atoms with Gasteiger partial charge >= 0.3 is 0 Å². The first kappa shape index (κ1) is 12.9. The van der Waals surface area contributed by atoms with Crippen LogP contribution in [0.15, 0.2) is 24.3 Å². The fourth-order valence-electron chi connectivity index (χ4n) is 2.35. The zero-order valence-electron chi connectivity index (χ0n) is 10.7. The molecule has 0 bridgehead atoms. The number of carbonyl (C=O) groups excluding carboxylic acids is 1. The van der Waals surface area contributed by atoms with Gasteiger partial charge in [0.2, 0.25) is 5.91 Å². The van der Waals surface area contributed by atoms with Crippen LogP contribution in [0.2, 0.25) is 0 Å². The summed E-state index contributed by atoms with van der Waals surface area (Å²) in [5, 5.41) is 3.26. The van der Waals surface area contributed by atoms with E-state index in [1.807, 2.05) is 31.2 Å². The third-order valence-electron chi connectivity index (χ3n) is 3.43. The van der Waals surface area contributed by atoms with Crippen LogP contribution in [0.1, 0.15) is 18.4 Å². The minimum Gasteiger partial charge on any atom is -0.381 e. The minimum absolute atomic E-state index is 0.163. The van der Waals surface area contributed by atoms with E-state index >= 15 is 0 Å². The van der Waals surface area contributed by atoms with Crippen LogP contribution in [0.3, 0.4) is 0 Å². The molecule has 4 nitrogen and oxygen atoms in total. The number of hydrogen-bond acceptors (Lipinski definition) is 3. The molecule has 1 aromatic carbocycles. The highest BCUT2D eigenvalue weighted by Gasteiger charge is 2.28. The Balaban J connectivity index is 2.11. The van der Waals surface area contributed by atoms with Gasteiger partial charge in [-0.25, -0.2) is 0 Å². The predicted molar refractivity (Wildman–Crippen MR) is 71.3 cm³/mol. The molecule has 0 saturated carbocycles. The molecule has 1 amide bonds. The van der Waals surface area contributed by atoms with Crippen molar-refractivity contribution >= 4 is 11.6 Å². The molecule has 0 radical (unpaired) electrons. The summed E-state index contributed by atoms with van der Waals surface area (Å²) in [7, 11) is 0. The van der Waals surface area contributed by atoms with E-state index in [4.69, 9.17) is 10.5 Å². The summed E-state index contributed by atoms with van der Waals surface area (Å²) in [5.74, 6) is -0.149. The van der Waals surface area contributed by atoms with Crippen molar-refractivity contribution in [3.05, 3.63) is 29.8 Å². The van der Waals surface area contributed by atoms with Crippen LogP contribution < -0.4 is 11.1 Å². The fourth-order valence-corrected chi connectivity index (χ4v) is 2.35. The lowest BCUT2D eigenvalue weighted by molar-refractivity contribution is -0.121. The second kappa shape index (κ2) is 5.87. The Kier molecular flexibility index (Phi) is 4.20. The molecule has 0 aliphatic carbocycles. The highest BCUT2D eigenvalue weighted by molar-refractivity contribution is 5.83. The van der Waals surface area contributed by atoms with E-state index < -0.39 is 0 Å². The SMILES string of the molecule is Cc1ccccc1NC(C(N)=O)C1CCCOC1. The van der Waals surface area contributed by atoms with Crippen molar-refractivity contribution in [2.24, 2.45) is 11.7 Å². The van der Waals surface area contributed by atoms with Crippen molar-refractivity contribution < 1.29 is 9.53 Å². The smallest absolute Gasteiger partial charge is 0.240 e. The normalized spacial score (nSPS) is 21.3. The lowest BCUT2D eigenvalue weighted by atomic mass is 9.93. The summed E-state index contributed by atoms with van der Waals surface area (Å²) in [4.78, 5) is 11.6. The number of amides is 1. The van der Waals surface area contributed by atoms with Crippen molar-refractivity contribution in [1.29, 1.82) is 0 Å². The molecule has 1 aliphatic rings. The van der Waals surface area contributed by atoms with Crippen LogP contribution in [-0.4, -0.2) is 25.2 Å². The Morgan fingerprint density at radius 1 is 1.50 bits per heavy atom. The van der Waals surface area contributed by atoms with Gasteiger partial charge in [-0.2, -0.15) is 0 Å². The third kappa shape index (κ3) is 3.01. The van der Waals surface area contributed by atoms with Gasteiger partial charge in [-0.3, -0.25) is 4.79 Å². The first-order valence-electron chi connectivity index (χ1n) is 6.37. The van der Waals surface area contributed by atoms with Crippen LogP contribution in [-0.2, 0) is 9.53 Å². The number of nitrogens with two attached hydrogens (primary N) is 1. The van der Waals surface area contributed by atoms with Gasteiger partial charge in [0, 0.05) is 18.2 Å². The van der Waals surface area contributed by atoms with E-state index in [0.29, 0.717) is 6.61 Å². The average Bonchev–Trinajstić information content (AvgIpc) is 2.38. The summed E-state index contributed by atoms with van der Waals surface area (Å²) in [6.45, 7) is 3.40. The predicted octanol–water partition coefficient (Wildman–Crippen LogP) is 1.69. The zero-order valence-corrected chi connectivity index (χ0v) is 10.7. The fraction of sp³-hybridized carbons (Fsp3) is 0.500. The Bertz CT molecular complexity index is 414. The van der Waals surface area contributed by atoms with Gasteiger partial charge < -0.3 is 15.8 Å². The molecule has 2 unspecified atom stereocenters. The van der Waals surface area contributed by atoms with Crippen LogP contribution >= 0.6 is 0 Å². The number of rotatable bonds is 4. The summed E-state index contributed by atoms with van der Waals surface area (Å²) >= 11 is 0. The summed E-state index contributed by atoms with van der Waals surface area (Å²) in [6.07, 6.45) is 1.97. The van der Waals surface area contributed by atoms with Crippen molar-refractivity contribution in [3.8, 4) is 0 Å². The molecule has 1 fully saturated rings. The molecule has 0 aromatic heterocycles. The molecule has 0 spiro atoms. The van der Waals surface area contributed by atoms with Gasteiger partial charge in [0.15, 0.2) is 0 Å². The third-order valence-corrected chi connectivity index (χ3v) is 3.43. The van der Waals surface area contributed by atoms with Gasteiger partial charge in [0.1, 0.15) is 6.04 Å². The summed E-state index contributed by atoms with van der Waals surface area (Å²) < 4.78 is 5.43. The maximum atomic E-state index is 11.6. The van der Waals surface area contributed by atoms with E-state index in [-0.39, 0.29) is 17.9 Å².